The monoisotopic (exact) mass is 264 g/mol. The maximum Gasteiger partial charge on any atom is 0.316 e. The van der Waals surface area contributed by atoms with Crippen LogP contribution in [-0.2, 0) is 14.9 Å². The number of esters is 1. The van der Waals surface area contributed by atoms with Gasteiger partial charge in [0.1, 0.15) is 11.5 Å². The van der Waals surface area contributed by atoms with Crippen molar-refractivity contribution < 1.29 is 19.0 Å². The number of rotatable bonds is 5. The molecular formula is C15H20O4. The summed E-state index contributed by atoms with van der Waals surface area (Å²) in [5, 5.41) is 0. The Labute approximate surface area is 113 Å². The van der Waals surface area contributed by atoms with Crippen LogP contribution in [0.2, 0.25) is 0 Å². The molecule has 1 aromatic carbocycles. The van der Waals surface area contributed by atoms with Crippen LogP contribution in [0.3, 0.4) is 0 Å². The normalized spacial score (nSPS) is 16.1. The van der Waals surface area contributed by atoms with Crippen LogP contribution in [0.5, 0.6) is 11.5 Å². The van der Waals surface area contributed by atoms with Gasteiger partial charge in [0, 0.05) is 5.56 Å². The number of ether oxygens (including phenoxy) is 3. The van der Waals surface area contributed by atoms with Gasteiger partial charge in [-0.05, 0) is 44.9 Å². The fraction of sp³-hybridized carbons (Fsp3) is 0.533. The Morgan fingerprint density at radius 2 is 1.95 bits per heavy atom. The van der Waals surface area contributed by atoms with Crippen LogP contribution in [0.1, 0.15) is 32.3 Å². The van der Waals surface area contributed by atoms with Crippen LogP contribution in [0, 0.1) is 0 Å². The first kappa shape index (κ1) is 13.7. The van der Waals surface area contributed by atoms with Gasteiger partial charge in [-0.2, -0.15) is 0 Å². The summed E-state index contributed by atoms with van der Waals surface area (Å²) < 4.78 is 16.0. The quantitative estimate of drug-likeness (QED) is 0.767. The van der Waals surface area contributed by atoms with Crippen molar-refractivity contribution in [2.45, 2.75) is 38.2 Å². The van der Waals surface area contributed by atoms with Crippen molar-refractivity contribution in [3.05, 3.63) is 23.8 Å². The summed E-state index contributed by atoms with van der Waals surface area (Å²) in [4.78, 5) is 12.0. The number of methoxy groups -OCH3 is 2. The minimum Gasteiger partial charge on any atom is -0.496 e. The van der Waals surface area contributed by atoms with Crippen molar-refractivity contribution in [2.75, 3.05) is 14.2 Å². The van der Waals surface area contributed by atoms with Gasteiger partial charge < -0.3 is 14.2 Å². The minimum absolute atomic E-state index is 0.0922. The Morgan fingerprint density at radius 1 is 1.26 bits per heavy atom. The Balaban J connectivity index is 2.40. The van der Waals surface area contributed by atoms with Crippen molar-refractivity contribution in [3.63, 3.8) is 0 Å². The lowest BCUT2D eigenvalue weighted by molar-refractivity contribution is -0.143. The predicted octanol–water partition coefficient (Wildman–Crippen LogP) is 2.69. The second kappa shape index (κ2) is 5.11. The van der Waals surface area contributed by atoms with Crippen molar-refractivity contribution >= 4 is 5.97 Å². The second-order valence-electron chi connectivity index (χ2n) is 5.10. The lowest BCUT2D eigenvalue weighted by atomic mass is 9.94. The minimum atomic E-state index is -0.545. The molecule has 0 bridgehead atoms. The molecule has 0 atom stereocenters. The van der Waals surface area contributed by atoms with Gasteiger partial charge in [-0.3, -0.25) is 4.79 Å². The highest BCUT2D eigenvalue weighted by molar-refractivity contribution is 5.87. The zero-order valence-electron chi connectivity index (χ0n) is 11.9. The van der Waals surface area contributed by atoms with Crippen molar-refractivity contribution in [2.24, 2.45) is 0 Å². The molecule has 104 valence electrons. The molecular weight excluding hydrogens is 244 g/mol. The van der Waals surface area contributed by atoms with Gasteiger partial charge in [0.2, 0.25) is 0 Å². The molecule has 0 heterocycles. The molecule has 0 N–H and O–H groups in total. The zero-order valence-corrected chi connectivity index (χ0v) is 11.9. The summed E-state index contributed by atoms with van der Waals surface area (Å²) >= 11 is 0. The molecule has 19 heavy (non-hydrogen) atoms. The van der Waals surface area contributed by atoms with Gasteiger partial charge in [0.25, 0.3) is 0 Å². The molecule has 1 aliphatic rings. The highest BCUT2D eigenvalue weighted by atomic mass is 16.5. The lowest BCUT2D eigenvalue weighted by Gasteiger charge is -2.19. The van der Waals surface area contributed by atoms with Crippen LogP contribution >= 0.6 is 0 Å². The van der Waals surface area contributed by atoms with Gasteiger partial charge in [-0.15, -0.1) is 0 Å². The topological polar surface area (TPSA) is 44.8 Å². The molecule has 0 aliphatic heterocycles. The highest BCUT2D eigenvalue weighted by Crippen LogP contribution is 2.52. The molecule has 0 aromatic heterocycles. The SMILES string of the molecule is COC(=O)C1(c2cc(OC(C)C)ccc2OC)CC1. The molecule has 0 unspecified atom stereocenters. The van der Waals surface area contributed by atoms with E-state index < -0.39 is 5.41 Å². The van der Waals surface area contributed by atoms with E-state index >= 15 is 0 Å². The van der Waals surface area contributed by atoms with Gasteiger partial charge in [0.05, 0.1) is 25.7 Å². The molecule has 2 rings (SSSR count). The summed E-state index contributed by atoms with van der Waals surface area (Å²) in [6.45, 7) is 3.94. The lowest BCUT2D eigenvalue weighted by Crippen LogP contribution is -2.22. The van der Waals surface area contributed by atoms with Crippen LogP contribution in [0.15, 0.2) is 18.2 Å². The standard InChI is InChI=1S/C15H20O4/c1-10(2)19-11-5-6-13(17-3)12(9-11)15(7-8-15)14(16)18-4/h5-6,9-10H,7-8H2,1-4H3. The molecule has 4 nitrogen and oxygen atoms in total. The van der Waals surface area contributed by atoms with Crippen LogP contribution in [0.25, 0.3) is 0 Å². The number of hydrogen-bond donors (Lipinski definition) is 0. The van der Waals surface area contributed by atoms with E-state index in [1.54, 1.807) is 7.11 Å². The first-order valence-corrected chi connectivity index (χ1v) is 6.47. The van der Waals surface area contributed by atoms with Crippen molar-refractivity contribution in [1.82, 2.24) is 0 Å². The molecule has 1 fully saturated rings. The van der Waals surface area contributed by atoms with Crippen LogP contribution in [-0.4, -0.2) is 26.3 Å². The van der Waals surface area contributed by atoms with Crippen molar-refractivity contribution in [3.8, 4) is 11.5 Å². The first-order chi connectivity index (χ1) is 9.03. The highest BCUT2D eigenvalue weighted by Gasteiger charge is 2.54. The predicted molar refractivity (Wildman–Crippen MR) is 71.7 cm³/mol. The Bertz CT molecular complexity index is 475. The molecule has 0 amide bonds. The van der Waals surface area contributed by atoms with Crippen molar-refractivity contribution in [1.29, 1.82) is 0 Å². The van der Waals surface area contributed by atoms with E-state index in [4.69, 9.17) is 14.2 Å². The summed E-state index contributed by atoms with van der Waals surface area (Å²) in [6.07, 6.45) is 1.68. The van der Waals surface area contributed by atoms with Gasteiger partial charge in [-0.1, -0.05) is 0 Å². The second-order valence-corrected chi connectivity index (χ2v) is 5.10. The third-order valence-corrected chi connectivity index (χ3v) is 3.38. The van der Waals surface area contributed by atoms with E-state index in [9.17, 15) is 4.79 Å². The summed E-state index contributed by atoms with van der Waals surface area (Å²) in [7, 11) is 3.03. The number of carbonyl (C=O) groups excluding carboxylic acids is 1. The van der Waals surface area contributed by atoms with E-state index in [0.29, 0.717) is 5.75 Å². The number of carbonyl (C=O) groups is 1. The largest absolute Gasteiger partial charge is 0.496 e. The van der Waals surface area contributed by atoms with Gasteiger partial charge in [0.15, 0.2) is 0 Å². The van der Waals surface area contributed by atoms with E-state index in [2.05, 4.69) is 0 Å². The van der Waals surface area contributed by atoms with Gasteiger partial charge in [-0.25, -0.2) is 0 Å². The molecule has 0 saturated heterocycles. The third kappa shape index (κ3) is 2.53. The number of hydrogen-bond acceptors (Lipinski definition) is 4. The molecule has 1 saturated carbocycles. The maximum atomic E-state index is 12.0. The Hall–Kier alpha value is -1.71. The smallest absolute Gasteiger partial charge is 0.316 e. The Morgan fingerprint density at radius 3 is 2.42 bits per heavy atom. The first-order valence-electron chi connectivity index (χ1n) is 6.47. The zero-order chi connectivity index (χ0) is 14.0. The molecule has 1 aromatic rings. The summed E-state index contributed by atoms with van der Waals surface area (Å²) in [6, 6.07) is 5.59. The van der Waals surface area contributed by atoms with E-state index in [1.807, 2.05) is 32.0 Å². The maximum absolute atomic E-state index is 12.0. The van der Waals surface area contributed by atoms with Crippen LogP contribution < -0.4 is 9.47 Å². The third-order valence-electron chi connectivity index (χ3n) is 3.38. The summed E-state index contributed by atoms with van der Waals surface area (Å²) in [5.74, 6) is 1.26. The molecule has 0 radical (unpaired) electrons. The van der Waals surface area contributed by atoms with Gasteiger partial charge >= 0.3 is 5.97 Å². The number of benzene rings is 1. The van der Waals surface area contributed by atoms with E-state index in [1.165, 1.54) is 7.11 Å². The fourth-order valence-electron chi connectivity index (χ4n) is 2.31. The molecule has 1 aliphatic carbocycles. The average Bonchev–Trinajstić information content (AvgIpc) is 3.18. The average molecular weight is 264 g/mol. The van der Waals surface area contributed by atoms with E-state index in [-0.39, 0.29) is 12.1 Å². The Kier molecular flexibility index (Phi) is 3.69. The molecule has 0 spiro atoms. The van der Waals surface area contributed by atoms with E-state index in [0.717, 1.165) is 24.2 Å². The molecule has 4 heteroatoms. The summed E-state index contributed by atoms with van der Waals surface area (Å²) in [5.41, 5.74) is 0.316. The van der Waals surface area contributed by atoms with Crippen LogP contribution in [0.4, 0.5) is 0 Å². The fourth-order valence-corrected chi connectivity index (χ4v) is 2.31.